The van der Waals surface area contributed by atoms with E-state index in [4.69, 9.17) is 5.11 Å². The van der Waals surface area contributed by atoms with E-state index in [0.717, 1.165) is 16.5 Å². The molecular weight excluding hydrogens is 358 g/mol. The molecule has 1 aliphatic heterocycles. The molecule has 0 radical (unpaired) electrons. The molecule has 1 aliphatic rings. The number of fused-ring (bicyclic) bond motifs is 1. The molecule has 1 aromatic carbocycles. The molecule has 2 amide bonds. The Labute approximate surface area is 163 Å². The Morgan fingerprint density at radius 3 is 2.68 bits per heavy atom. The second kappa shape index (κ2) is 8.37. The summed E-state index contributed by atoms with van der Waals surface area (Å²) < 4.78 is 0. The molecule has 7 nitrogen and oxygen atoms in total. The highest BCUT2D eigenvalue weighted by Gasteiger charge is 2.38. The number of carbonyl (C=O) groups is 3. The number of aromatic nitrogens is 1. The van der Waals surface area contributed by atoms with Crippen LogP contribution in [-0.4, -0.2) is 45.4 Å². The van der Waals surface area contributed by atoms with Crippen molar-refractivity contribution in [3.05, 3.63) is 42.1 Å². The number of para-hydroxylation sites is 1. The average Bonchev–Trinajstić information content (AvgIpc) is 3.06. The summed E-state index contributed by atoms with van der Waals surface area (Å²) in [7, 11) is 1.76. The molecule has 2 N–H and O–H groups in total. The molecule has 3 rings (SSSR count). The Bertz CT molecular complexity index is 893. The van der Waals surface area contributed by atoms with E-state index in [1.165, 1.54) is 0 Å². The maximum atomic E-state index is 12.7. The summed E-state index contributed by atoms with van der Waals surface area (Å²) >= 11 is 0. The first kappa shape index (κ1) is 19.8. The minimum atomic E-state index is -0.895. The fourth-order valence-electron chi connectivity index (χ4n) is 3.79. The SMILES string of the molecule is CN(Cc1ccnc2ccccc12)C(=O)CC[C@@]1(CCC(=O)O)CCC(=O)N1. The molecule has 1 aromatic heterocycles. The van der Waals surface area contributed by atoms with Gasteiger partial charge in [-0.15, -0.1) is 0 Å². The van der Waals surface area contributed by atoms with E-state index in [-0.39, 0.29) is 24.7 Å². The molecule has 0 unspecified atom stereocenters. The predicted molar refractivity (Wildman–Crippen MR) is 104 cm³/mol. The number of aliphatic carboxylic acids is 1. The van der Waals surface area contributed by atoms with Crippen molar-refractivity contribution in [1.82, 2.24) is 15.2 Å². The number of hydrogen-bond donors (Lipinski definition) is 2. The minimum absolute atomic E-state index is 0.0205. The van der Waals surface area contributed by atoms with Crippen LogP contribution in [0.2, 0.25) is 0 Å². The molecule has 0 bridgehead atoms. The van der Waals surface area contributed by atoms with Crippen LogP contribution < -0.4 is 5.32 Å². The topological polar surface area (TPSA) is 99.6 Å². The first-order chi connectivity index (χ1) is 13.4. The van der Waals surface area contributed by atoms with Gasteiger partial charge in [0.25, 0.3) is 0 Å². The average molecular weight is 383 g/mol. The summed E-state index contributed by atoms with van der Waals surface area (Å²) in [4.78, 5) is 41.3. The zero-order valence-electron chi connectivity index (χ0n) is 16.0. The van der Waals surface area contributed by atoms with Crippen molar-refractivity contribution in [3.8, 4) is 0 Å². The van der Waals surface area contributed by atoms with Crippen molar-refractivity contribution in [2.75, 3.05) is 7.05 Å². The summed E-state index contributed by atoms with van der Waals surface area (Å²) in [5.74, 6) is -1.00. The highest BCUT2D eigenvalue weighted by atomic mass is 16.4. The van der Waals surface area contributed by atoms with Gasteiger partial charge in [0.2, 0.25) is 11.8 Å². The molecular formula is C21H25N3O4. The van der Waals surface area contributed by atoms with Crippen LogP contribution in [0.5, 0.6) is 0 Å². The highest BCUT2D eigenvalue weighted by molar-refractivity contribution is 5.83. The van der Waals surface area contributed by atoms with Crippen LogP contribution >= 0.6 is 0 Å². The van der Waals surface area contributed by atoms with Crippen LogP contribution in [0, 0.1) is 0 Å². The fraction of sp³-hybridized carbons (Fsp3) is 0.429. The van der Waals surface area contributed by atoms with Crippen molar-refractivity contribution in [3.63, 3.8) is 0 Å². The number of hydrogen-bond acceptors (Lipinski definition) is 4. The normalized spacial score (nSPS) is 18.8. The molecule has 0 spiro atoms. The summed E-state index contributed by atoms with van der Waals surface area (Å²) in [5.41, 5.74) is 1.33. The zero-order valence-corrected chi connectivity index (χ0v) is 16.0. The van der Waals surface area contributed by atoms with Gasteiger partial charge in [0.1, 0.15) is 0 Å². The van der Waals surface area contributed by atoms with Gasteiger partial charge < -0.3 is 15.3 Å². The molecule has 1 fully saturated rings. The Morgan fingerprint density at radius 1 is 1.21 bits per heavy atom. The lowest BCUT2D eigenvalue weighted by molar-refractivity contribution is -0.137. The van der Waals surface area contributed by atoms with Gasteiger partial charge in [-0.2, -0.15) is 0 Å². The van der Waals surface area contributed by atoms with E-state index in [1.54, 1.807) is 18.1 Å². The van der Waals surface area contributed by atoms with Crippen molar-refractivity contribution < 1.29 is 19.5 Å². The number of nitrogens with zero attached hydrogens (tertiary/aromatic N) is 2. The second-order valence-corrected chi connectivity index (χ2v) is 7.46. The Morgan fingerprint density at radius 2 is 1.96 bits per heavy atom. The minimum Gasteiger partial charge on any atom is -0.481 e. The Hall–Kier alpha value is -2.96. The lowest BCUT2D eigenvalue weighted by Crippen LogP contribution is -2.43. The van der Waals surface area contributed by atoms with E-state index < -0.39 is 11.5 Å². The van der Waals surface area contributed by atoms with Crippen molar-refractivity contribution >= 4 is 28.7 Å². The van der Waals surface area contributed by atoms with Gasteiger partial charge >= 0.3 is 5.97 Å². The summed E-state index contributed by atoms with van der Waals surface area (Å²) in [6.07, 6.45) is 3.74. The predicted octanol–water partition coefficient (Wildman–Crippen LogP) is 2.49. The summed E-state index contributed by atoms with van der Waals surface area (Å²) in [6.45, 7) is 0.469. The monoisotopic (exact) mass is 383 g/mol. The van der Waals surface area contributed by atoms with E-state index in [0.29, 0.717) is 32.2 Å². The van der Waals surface area contributed by atoms with Crippen LogP contribution in [0.15, 0.2) is 36.5 Å². The number of carboxylic acid groups (broad SMARTS) is 1. The molecule has 28 heavy (non-hydrogen) atoms. The third kappa shape index (κ3) is 4.65. The third-order valence-corrected chi connectivity index (χ3v) is 5.44. The maximum Gasteiger partial charge on any atom is 0.303 e. The van der Waals surface area contributed by atoms with Crippen LogP contribution in [0.3, 0.4) is 0 Å². The molecule has 148 valence electrons. The molecule has 2 heterocycles. The zero-order chi connectivity index (χ0) is 20.1. The smallest absolute Gasteiger partial charge is 0.303 e. The van der Waals surface area contributed by atoms with Gasteiger partial charge in [-0.25, -0.2) is 0 Å². The van der Waals surface area contributed by atoms with Crippen LogP contribution in [0.1, 0.15) is 44.1 Å². The van der Waals surface area contributed by atoms with E-state index in [1.807, 2.05) is 30.3 Å². The van der Waals surface area contributed by atoms with Gasteiger partial charge in [-0.1, -0.05) is 18.2 Å². The number of rotatable bonds is 8. The summed E-state index contributed by atoms with van der Waals surface area (Å²) in [6, 6.07) is 9.73. The third-order valence-electron chi connectivity index (χ3n) is 5.44. The standard InChI is InChI=1S/C21H25N3O4/c1-24(14-15-9-13-22-17-5-3-2-4-16(15)17)19(26)7-11-21(12-8-20(27)28)10-6-18(25)23-21/h2-5,9,13H,6-8,10-12,14H2,1H3,(H,23,25)(H,27,28)/t21-/m1/s1. The second-order valence-electron chi connectivity index (χ2n) is 7.46. The largest absolute Gasteiger partial charge is 0.481 e. The number of carbonyl (C=O) groups excluding carboxylic acids is 2. The van der Waals surface area contributed by atoms with Crippen LogP contribution in [0.25, 0.3) is 10.9 Å². The Kier molecular flexibility index (Phi) is 5.92. The molecule has 0 saturated carbocycles. The summed E-state index contributed by atoms with van der Waals surface area (Å²) in [5, 5.41) is 12.9. The molecule has 1 atom stereocenters. The molecule has 7 heteroatoms. The number of carboxylic acids is 1. The fourth-order valence-corrected chi connectivity index (χ4v) is 3.79. The van der Waals surface area contributed by atoms with E-state index in [2.05, 4.69) is 10.3 Å². The first-order valence-corrected chi connectivity index (χ1v) is 9.48. The van der Waals surface area contributed by atoms with E-state index >= 15 is 0 Å². The van der Waals surface area contributed by atoms with Crippen LogP contribution in [0.4, 0.5) is 0 Å². The maximum absolute atomic E-state index is 12.7. The van der Waals surface area contributed by atoms with Crippen molar-refractivity contribution in [2.45, 2.75) is 50.6 Å². The lowest BCUT2D eigenvalue weighted by atomic mass is 9.86. The van der Waals surface area contributed by atoms with Gasteiger partial charge in [-0.05, 0) is 37.0 Å². The van der Waals surface area contributed by atoms with Crippen molar-refractivity contribution in [1.29, 1.82) is 0 Å². The Balaban J connectivity index is 1.63. The van der Waals surface area contributed by atoms with Gasteiger partial charge in [0, 0.05) is 50.0 Å². The number of pyridine rings is 1. The number of nitrogens with one attached hydrogen (secondary N) is 1. The van der Waals surface area contributed by atoms with Crippen LogP contribution in [-0.2, 0) is 20.9 Å². The lowest BCUT2D eigenvalue weighted by Gasteiger charge is -2.29. The quantitative estimate of drug-likeness (QED) is 0.730. The molecule has 2 aromatic rings. The highest BCUT2D eigenvalue weighted by Crippen LogP contribution is 2.30. The van der Waals surface area contributed by atoms with Gasteiger partial charge in [0.05, 0.1) is 5.52 Å². The van der Waals surface area contributed by atoms with Gasteiger partial charge in [0.15, 0.2) is 0 Å². The number of amides is 2. The van der Waals surface area contributed by atoms with Gasteiger partial charge in [-0.3, -0.25) is 19.4 Å². The van der Waals surface area contributed by atoms with Crippen molar-refractivity contribution in [2.24, 2.45) is 0 Å². The number of benzene rings is 1. The first-order valence-electron chi connectivity index (χ1n) is 9.48. The van der Waals surface area contributed by atoms with E-state index in [9.17, 15) is 14.4 Å². The molecule has 0 aliphatic carbocycles. The molecule has 1 saturated heterocycles.